The molecule has 0 aliphatic heterocycles. The van der Waals surface area contributed by atoms with E-state index in [1.165, 1.54) is 0 Å². The van der Waals surface area contributed by atoms with Crippen molar-refractivity contribution in [1.82, 2.24) is 19.6 Å². The zero-order valence-corrected chi connectivity index (χ0v) is 10.5. The molecule has 0 amide bonds. The molecule has 1 N–H and O–H groups in total. The number of rotatable bonds is 4. The highest BCUT2D eigenvalue weighted by Gasteiger charge is 2.20. The molecule has 0 fully saturated rings. The van der Waals surface area contributed by atoms with Gasteiger partial charge in [0.05, 0.1) is 6.54 Å². The molecule has 0 bridgehead atoms. The maximum absolute atomic E-state index is 11.3. The minimum Gasteiger partial charge on any atom is -0.476 e. The fourth-order valence-electron chi connectivity index (χ4n) is 2.04. The van der Waals surface area contributed by atoms with Gasteiger partial charge in [-0.25, -0.2) is 9.48 Å². The first-order chi connectivity index (χ1) is 9.75. The molecule has 6 nitrogen and oxygen atoms in total. The van der Waals surface area contributed by atoms with Crippen LogP contribution >= 0.6 is 0 Å². The smallest absolute Gasteiger partial charge is 0.360 e. The lowest BCUT2D eigenvalue weighted by Crippen LogP contribution is -2.10. The summed E-state index contributed by atoms with van der Waals surface area (Å²) in [5, 5.41) is 16.9. The zero-order chi connectivity index (χ0) is 13.9. The largest absolute Gasteiger partial charge is 0.476 e. The average molecular weight is 268 g/mol. The van der Waals surface area contributed by atoms with Crippen molar-refractivity contribution in [3.8, 4) is 5.82 Å². The fraction of sp³-hybridized carbons (Fsp3) is 0.0714. The third-order valence-corrected chi connectivity index (χ3v) is 2.94. The van der Waals surface area contributed by atoms with E-state index in [0.717, 1.165) is 5.56 Å². The van der Waals surface area contributed by atoms with Gasteiger partial charge < -0.3 is 9.67 Å². The van der Waals surface area contributed by atoms with Crippen LogP contribution in [0.4, 0.5) is 0 Å². The molecule has 0 atom stereocenters. The normalized spacial score (nSPS) is 10.6. The van der Waals surface area contributed by atoms with Crippen molar-refractivity contribution in [3.63, 3.8) is 0 Å². The van der Waals surface area contributed by atoms with E-state index < -0.39 is 5.97 Å². The summed E-state index contributed by atoms with van der Waals surface area (Å²) in [7, 11) is 0. The van der Waals surface area contributed by atoms with Crippen LogP contribution in [0.2, 0.25) is 0 Å². The van der Waals surface area contributed by atoms with E-state index in [4.69, 9.17) is 0 Å². The maximum Gasteiger partial charge on any atom is 0.360 e. The number of hydrogen-bond donors (Lipinski definition) is 1. The van der Waals surface area contributed by atoms with Gasteiger partial charge in [-0.2, -0.15) is 0 Å². The van der Waals surface area contributed by atoms with Crippen LogP contribution < -0.4 is 0 Å². The molecule has 0 saturated carbocycles. The highest BCUT2D eigenvalue weighted by molar-refractivity contribution is 5.88. The highest BCUT2D eigenvalue weighted by atomic mass is 16.4. The summed E-state index contributed by atoms with van der Waals surface area (Å²) in [4.78, 5) is 11.3. The maximum atomic E-state index is 11.3. The highest BCUT2D eigenvalue weighted by Crippen LogP contribution is 2.14. The SMILES string of the molecule is O=C(O)c1nnn(Cc2ccccc2)c1-n1cccc1. The molecule has 2 aromatic heterocycles. The van der Waals surface area contributed by atoms with Gasteiger partial charge in [-0.1, -0.05) is 35.5 Å². The van der Waals surface area contributed by atoms with E-state index in [0.29, 0.717) is 12.4 Å². The molecule has 3 aromatic rings. The van der Waals surface area contributed by atoms with Crippen molar-refractivity contribution < 1.29 is 9.90 Å². The van der Waals surface area contributed by atoms with Crippen molar-refractivity contribution in [2.24, 2.45) is 0 Å². The first kappa shape index (κ1) is 12.2. The monoisotopic (exact) mass is 268 g/mol. The lowest BCUT2D eigenvalue weighted by atomic mass is 10.2. The number of hydrogen-bond acceptors (Lipinski definition) is 3. The molecule has 6 heteroatoms. The Bertz CT molecular complexity index is 717. The van der Waals surface area contributed by atoms with Gasteiger partial charge in [0, 0.05) is 12.4 Å². The van der Waals surface area contributed by atoms with Crippen molar-refractivity contribution in [3.05, 3.63) is 66.1 Å². The number of carbonyl (C=O) groups is 1. The Morgan fingerprint density at radius 2 is 1.80 bits per heavy atom. The molecule has 1 aromatic carbocycles. The molecule has 0 aliphatic rings. The fourth-order valence-corrected chi connectivity index (χ4v) is 2.04. The summed E-state index contributed by atoms with van der Waals surface area (Å²) in [6.45, 7) is 0.467. The third kappa shape index (κ3) is 2.18. The molecule has 3 rings (SSSR count). The van der Waals surface area contributed by atoms with Gasteiger partial charge in [-0.05, 0) is 17.7 Å². The predicted molar refractivity (Wildman–Crippen MR) is 71.9 cm³/mol. The van der Waals surface area contributed by atoms with Crippen LogP contribution in [-0.2, 0) is 6.54 Å². The van der Waals surface area contributed by atoms with Crippen molar-refractivity contribution in [2.45, 2.75) is 6.54 Å². The van der Waals surface area contributed by atoms with Gasteiger partial charge >= 0.3 is 5.97 Å². The minimum atomic E-state index is -1.09. The molecular formula is C14H12N4O2. The van der Waals surface area contributed by atoms with E-state index in [2.05, 4.69) is 10.3 Å². The third-order valence-electron chi connectivity index (χ3n) is 2.94. The summed E-state index contributed by atoms with van der Waals surface area (Å²) in [6.07, 6.45) is 3.54. The van der Waals surface area contributed by atoms with Gasteiger partial charge in [-0.15, -0.1) is 5.10 Å². The average Bonchev–Trinajstić information content (AvgIpc) is 3.08. The number of carboxylic acid groups (broad SMARTS) is 1. The topological polar surface area (TPSA) is 72.9 Å². The summed E-state index contributed by atoms with van der Waals surface area (Å²) in [6, 6.07) is 13.4. The first-order valence-electron chi connectivity index (χ1n) is 6.10. The van der Waals surface area contributed by atoms with Crippen LogP contribution in [-0.4, -0.2) is 30.6 Å². The van der Waals surface area contributed by atoms with Gasteiger partial charge in [0.15, 0.2) is 5.82 Å². The molecule has 0 spiro atoms. The van der Waals surface area contributed by atoms with Crippen molar-refractivity contribution in [2.75, 3.05) is 0 Å². The van der Waals surface area contributed by atoms with E-state index in [1.54, 1.807) is 21.6 Å². The van der Waals surface area contributed by atoms with Crippen LogP contribution in [0.25, 0.3) is 5.82 Å². The Labute approximate surface area is 114 Å². The molecule has 0 aliphatic carbocycles. The zero-order valence-electron chi connectivity index (χ0n) is 10.5. The standard InChI is InChI=1S/C14H12N4O2/c19-14(20)12-13(17-8-4-5-9-17)18(16-15-12)10-11-6-2-1-3-7-11/h1-9H,10H2,(H,19,20). The molecule has 2 heterocycles. The van der Waals surface area contributed by atoms with Gasteiger partial charge in [0.25, 0.3) is 0 Å². The second kappa shape index (κ2) is 5.00. The van der Waals surface area contributed by atoms with Gasteiger partial charge in [0.2, 0.25) is 5.69 Å². The Kier molecular flexibility index (Phi) is 3.04. The first-order valence-corrected chi connectivity index (χ1v) is 6.10. The van der Waals surface area contributed by atoms with Crippen LogP contribution in [0, 0.1) is 0 Å². The van der Waals surface area contributed by atoms with E-state index >= 15 is 0 Å². The van der Waals surface area contributed by atoms with E-state index in [9.17, 15) is 9.90 Å². The number of benzene rings is 1. The predicted octanol–water partition coefficient (Wildman–Crippen LogP) is 1.82. The van der Waals surface area contributed by atoms with Crippen molar-refractivity contribution in [1.29, 1.82) is 0 Å². The second-order valence-corrected chi connectivity index (χ2v) is 4.30. The molecule has 0 radical (unpaired) electrons. The summed E-state index contributed by atoms with van der Waals surface area (Å²) in [5.74, 6) is -0.639. The summed E-state index contributed by atoms with van der Waals surface area (Å²) in [5.41, 5.74) is 0.972. The van der Waals surface area contributed by atoms with E-state index in [1.807, 2.05) is 42.5 Å². The van der Waals surface area contributed by atoms with Crippen LogP contribution in [0.1, 0.15) is 16.1 Å². The summed E-state index contributed by atoms with van der Waals surface area (Å²) < 4.78 is 3.28. The molecule has 100 valence electrons. The Balaban J connectivity index is 2.06. The number of carboxylic acids is 1. The lowest BCUT2D eigenvalue weighted by Gasteiger charge is -2.08. The number of nitrogens with zero attached hydrogens (tertiary/aromatic N) is 4. The number of aromatic carboxylic acids is 1. The lowest BCUT2D eigenvalue weighted by molar-refractivity contribution is 0.0690. The van der Waals surface area contributed by atoms with Crippen LogP contribution in [0.15, 0.2) is 54.9 Å². The molecule has 0 saturated heterocycles. The van der Waals surface area contributed by atoms with Crippen molar-refractivity contribution >= 4 is 5.97 Å². The minimum absolute atomic E-state index is 0.0582. The van der Waals surface area contributed by atoms with E-state index in [-0.39, 0.29) is 5.69 Å². The molecule has 0 unspecified atom stereocenters. The Hall–Kier alpha value is -2.89. The summed E-state index contributed by atoms with van der Waals surface area (Å²) >= 11 is 0. The quantitative estimate of drug-likeness (QED) is 0.783. The van der Waals surface area contributed by atoms with Crippen LogP contribution in [0.5, 0.6) is 0 Å². The van der Waals surface area contributed by atoms with Crippen LogP contribution in [0.3, 0.4) is 0 Å². The number of aromatic nitrogens is 4. The van der Waals surface area contributed by atoms with Gasteiger partial charge in [0.1, 0.15) is 0 Å². The Morgan fingerprint density at radius 1 is 1.10 bits per heavy atom. The molecular weight excluding hydrogens is 256 g/mol. The second-order valence-electron chi connectivity index (χ2n) is 4.30. The molecule has 20 heavy (non-hydrogen) atoms. The Morgan fingerprint density at radius 3 is 2.45 bits per heavy atom. The van der Waals surface area contributed by atoms with Gasteiger partial charge in [-0.3, -0.25) is 0 Å².